The van der Waals surface area contributed by atoms with Gasteiger partial charge in [0.15, 0.2) is 0 Å². The SMILES string of the molecule is Nc1ccnc(Oc2cc(F)cc(Br)c2)c1. The lowest BCUT2D eigenvalue weighted by Gasteiger charge is -2.05. The van der Waals surface area contributed by atoms with Crippen molar-refractivity contribution < 1.29 is 9.13 Å². The molecule has 1 heterocycles. The van der Waals surface area contributed by atoms with Crippen molar-refractivity contribution in [1.29, 1.82) is 0 Å². The first kappa shape index (κ1) is 10.9. The number of nitrogens with zero attached hydrogens (tertiary/aromatic N) is 1. The van der Waals surface area contributed by atoms with E-state index in [2.05, 4.69) is 20.9 Å². The zero-order chi connectivity index (χ0) is 11.5. The molecule has 2 N–H and O–H groups in total. The predicted molar refractivity (Wildman–Crippen MR) is 62.8 cm³/mol. The Morgan fingerprint density at radius 2 is 2.06 bits per heavy atom. The number of ether oxygens (including phenoxy) is 1. The minimum Gasteiger partial charge on any atom is -0.439 e. The number of anilines is 1. The quantitative estimate of drug-likeness (QED) is 0.919. The molecule has 0 saturated heterocycles. The number of benzene rings is 1. The van der Waals surface area contributed by atoms with E-state index in [1.165, 1.54) is 18.3 Å². The highest BCUT2D eigenvalue weighted by atomic mass is 79.9. The van der Waals surface area contributed by atoms with Crippen LogP contribution in [0.2, 0.25) is 0 Å². The summed E-state index contributed by atoms with van der Waals surface area (Å²) in [5.41, 5.74) is 6.11. The molecule has 0 amide bonds. The molecular weight excluding hydrogens is 275 g/mol. The molecule has 1 aromatic carbocycles. The molecule has 0 bridgehead atoms. The number of pyridine rings is 1. The van der Waals surface area contributed by atoms with Crippen molar-refractivity contribution in [3.05, 3.63) is 46.8 Å². The van der Waals surface area contributed by atoms with E-state index in [1.807, 2.05) is 0 Å². The van der Waals surface area contributed by atoms with Gasteiger partial charge in [0.25, 0.3) is 0 Å². The fourth-order valence-corrected chi connectivity index (χ4v) is 1.63. The maximum Gasteiger partial charge on any atom is 0.221 e. The highest BCUT2D eigenvalue weighted by Gasteiger charge is 2.02. The summed E-state index contributed by atoms with van der Waals surface area (Å²) in [6, 6.07) is 7.48. The normalized spacial score (nSPS) is 10.1. The van der Waals surface area contributed by atoms with Gasteiger partial charge in [0.1, 0.15) is 11.6 Å². The third kappa shape index (κ3) is 2.70. The molecule has 0 saturated carbocycles. The summed E-state index contributed by atoms with van der Waals surface area (Å²) >= 11 is 3.18. The Labute approximate surface area is 100 Å². The molecule has 2 aromatic rings. The van der Waals surface area contributed by atoms with Gasteiger partial charge in [0, 0.05) is 28.5 Å². The number of nitrogen functional groups attached to an aromatic ring is 1. The predicted octanol–water partition coefficient (Wildman–Crippen LogP) is 3.36. The van der Waals surface area contributed by atoms with E-state index in [4.69, 9.17) is 10.5 Å². The molecule has 0 fully saturated rings. The monoisotopic (exact) mass is 282 g/mol. The molecule has 0 radical (unpaired) electrons. The van der Waals surface area contributed by atoms with Gasteiger partial charge < -0.3 is 10.5 Å². The molecule has 82 valence electrons. The van der Waals surface area contributed by atoms with Gasteiger partial charge in [-0.25, -0.2) is 9.37 Å². The first-order valence-corrected chi connectivity index (χ1v) is 5.28. The lowest BCUT2D eigenvalue weighted by Crippen LogP contribution is -1.91. The summed E-state index contributed by atoms with van der Waals surface area (Å²) in [6.45, 7) is 0. The number of hydrogen-bond acceptors (Lipinski definition) is 3. The molecular formula is C11H8BrFN2O. The lowest BCUT2D eigenvalue weighted by molar-refractivity contribution is 0.458. The lowest BCUT2D eigenvalue weighted by atomic mass is 10.3. The van der Waals surface area contributed by atoms with E-state index in [9.17, 15) is 4.39 Å². The summed E-state index contributed by atoms with van der Waals surface area (Å²) in [7, 11) is 0. The van der Waals surface area contributed by atoms with Crippen molar-refractivity contribution in [2.24, 2.45) is 0 Å². The molecule has 0 atom stereocenters. The van der Waals surface area contributed by atoms with Crippen LogP contribution in [0.15, 0.2) is 41.0 Å². The van der Waals surface area contributed by atoms with Crippen molar-refractivity contribution in [1.82, 2.24) is 4.98 Å². The molecule has 1 aromatic heterocycles. The van der Waals surface area contributed by atoms with Crippen LogP contribution in [0.4, 0.5) is 10.1 Å². The van der Waals surface area contributed by atoms with Crippen LogP contribution >= 0.6 is 15.9 Å². The van der Waals surface area contributed by atoms with Crippen LogP contribution in [0.5, 0.6) is 11.6 Å². The number of hydrogen-bond donors (Lipinski definition) is 1. The van der Waals surface area contributed by atoms with Crippen LogP contribution in [0, 0.1) is 5.82 Å². The molecule has 0 aliphatic carbocycles. The van der Waals surface area contributed by atoms with Gasteiger partial charge >= 0.3 is 0 Å². The first-order valence-electron chi connectivity index (χ1n) is 4.49. The van der Waals surface area contributed by atoms with E-state index in [-0.39, 0.29) is 5.82 Å². The van der Waals surface area contributed by atoms with Crippen molar-refractivity contribution >= 4 is 21.6 Å². The molecule has 2 rings (SSSR count). The van der Waals surface area contributed by atoms with Crippen molar-refractivity contribution in [2.45, 2.75) is 0 Å². The van der Waals surface area contributed by atoms with Gasteiger partial charge in [0.2, 0.25) is 5.88 Å². The Morgan fingerprint density at radius 3 is 2.75 bits per heavy atom. The Balaban J connectivity index is 2.27. The van der Waals surface area contributed by atoms with E-state index in [1.54, 1.807) is 18.2 Å². The van der Waals surface area contributed by atoms with Gasteiger partial charge in [-0.15, -0.1) is 0 Å². The minimum absolute atomic E-state index is 0.331. The largest absolute Gasteiger partial charge is 0.439 e. The van der Waals surface area contributed by atoms with E-state index >= 15 is 0 Å². The summed E-state index contributed by atoms with van der Waals surface area (Å²) < 4.78 is 19.0. The fraction of sp³-hybridized carbons (Fsp3) is 0. The smallest absolute Gasteiger partial charge is 0.221 e. The number of rotatable bonds is 2. The van der Waals surface area contributed by atoms with Crippen LogP contribution in [-0.4, -0.2) is 4.98 Å². The van der Waals surface area contributed by atoms with Crippen LogP contribution < -0.4 is 10.5 Å². The second-order valence-corrected chi connectivity index (χ2v) is 4.05. The van der Waals surface area contributed by atoms with Crippen LogP contribution in [0.1, 0.15) is 0 Å². The van der Waals surface area contributed by atoms with Crippen molar-refractivity contribution in [2.75, 3.05) is 5.73 Å². The summed E-state index contributed by atoms with van der Waals surface area (Å²) in [6.07, 6.45) is 1.53. The maximum absolute atomic E-state index is 13.1. The zero-order valence-corrected chi connectivity index (χ0v) is 9.74. The third-order valence-corrected chi connectivity index (χ3v) is 2.28. The van der Waals surface area contributed by atoms with Crippen LogP contribution in [0.3, 0.4) is 0 Å². The van der Waals surface area contributed by atoms with Crippen molar-refractivity contribution in [3.8, 4) is 11.6 Å². The van der Waals surface area contributed by atoms with E-state index < -0.39 is 0 Å². The van der Waals surface area contributed by atoms with E-state index in [0.29, 0.717) is 21.8 Å². The second kappa shape index (κ2) is 4.49. The van der Waals surface area contributed by atoms with Crippen LogP contribution in [-0.2, 0) is 0 Å². The minimum atomic E-state index is -0.381. The third-order valence-electron chi connectivity index (χ3n) is 1.82. The Bertz CT molecular complexity index is 499. The van der Waals surface area contributed by atoms with Gasteiger partial charge in [0.05, 0.1) is 0 Å². The highest BCUT2D eigenvalue weighted by Crippen LogP contribution is 2.25. The molecule has 16 heavy (non-hydrogen) atoms. The van der Waals surface area contributed by atoms with Gasteiger partial charge in [-0.1, -0.05) is 15.9 Å². The first-order chi connectivity index (χ1) is 7.63. The average molecular weight is 283 g/mol. The number of halogens is 2. The summed E-state index contributed by atoms with van der Waals surface area (Å²) in [5, 5.41) is 0. The summed E-state index contributed by atoms with van der Waals surface area (Å²) in [4.78, 5) is 3.95. The molecule has 0 aliphatic rings. The number of aromatic nitrogens is 1. The summed E-state index contributed by atoms with van der Waals surface area (Å²) in [5.74, 6) is 0.316. The Hall–Kier alpha value is -1.62. The van der Waals surface area contributed by atoms with Crippen molar-refractivity contribution in [3.63, 3.8) is 0 Å². The van der Waals surface area contributed by atoms with Crippen LogP contribution in [0.25, 0.3) is 0 Å². The second-order valence-electron chi connectivity index (χ2n) is 3.13. The average Bonchev–Trinajstić information content (AvgIpc) is 2.15. The molecule has 0 unspecified atom stereocenters. The highest BCUT2D eigenvalue weighted by molar-refractivity contribution is 9.10. The molecule has 3 nitrogen and oxygen atoms in total. The van der Waals surface area contributed by atoms with E-state index in [0.717, 1.165) is 0 Å². The fourth-order valence-electron chi connectivity index (χ4n) is 1.19. The Kier molecular flexibility index (Phi) is 3.05. The molecule has 5 heteroatoms. The van der Waals surface area contributed by atoms with Gasteiger partial charge in [-0.05, 0) is 18.2 Å². The Morgan fingerprint density at radius 1 is 1.25 bits per heavy atom. The zero-order valence-electron chi connectivity index (χ0n) is 8.15. The maximum atomic E-state index is 13.1. The molecule has 0 spiro atoms. The van der Waals surface area contributed by atoms with Gasteiger partial charge in [-0.2, -0.15) is 0 Å². The topological polar surface area (TPSA) is 48.1 Å². The van der Waals surface area contributed by atoms with Gasteiger partial charge in [-0.3, -0.25) is 0 Å². The standard InChI is InChI=1S/C11H8BrFN2O/c12-7-3-8(13)5-10(4-7)16-11-6-9(14)1-2-15-11/h1-6H,(H2,14,15). The molecule has 0 aliphatic heterocycles. The number of nitrogens with two attached hydrogens (primary N) is 1.